The fraction of sp³-hybridized carbons (Fsp3) is 0.444. The largest absolute Gasteiger partial charge is 0.0840 e. The van der Waals surface area contributed by atoms with Crippen molar-refractivity contribution in [1.29, 1.82) is 0 Å². The molecule has 0 bridgehead atoms. The molecule has 1 aromatic carbocycles. The molecule has 1 atom stereocenters. The molecule has 1 fully saturated rings. The van der Waals surface area contributed by atoms with Gasteiger partial charge in [-0.2, -0.15) is 0 Å². The SMILES string of the molecule is C1=CC(CC(CC2CC2)c2ccccc2)=CCC1. The molecule has 0 radical (unpaired) electrons. The summed E-state index contributed by atoms with van der Waals surface area (Å²) in [6.45, 7) is 0. The molecule has 0 heteroatoms. The van der Waals surface area contributed by atoms with E-state index in [4.69, 9.17) is 0 Å². The molecule has 0 aliphatic heterocycles. The summed E-state index contributed by atoms with van der Waals surface area (Å²) in [4.78, 5) is 0. The van der Waals surface area contributed by atoms with E-state index < -0.39 is 0 Å². The van der Waals surface area contributed by atoms with Crippen molar-refractivity contribution in [2.24, 2.45) is 5.92 Å². The minimum absolute atomic E-state index is 0.729. The molecular formula is C18H22. The van der Waals surface area contributed by atoms with E-state index in [1.54, 1.807) is 5.57 Å². The van der Waals surface area contributed by atoms with Crippen molar-refractivity contribution in [2.75, 3.05) is 0 Å². The van der Waals surface area contributed by atoms with Crippen LogP contribution in [0.15, 0.2) is 54.1 Å². The zero-order valence-electron chi connectivity index (χ0n) is 11.0. The first-order valence-corrected chi connectivity index (χ1v) is 7.32. The summed E-state index contributed by atoms with van der Waals surface area (Å²) in [6, 6.07) is 11.1. The summed E-state index contributed by atoms with van der Waals surface area (Å²) in [7, 11) is 0. The van der Waals surface area contributed by atoms with E-state index in [9.17, 15) is 0 Å². The lowest BCUT2D eigenvalue weighted by molar-refractivity contribution is 0.574. The average Bonchev–Trinajstić information content (AvgIpc) is 3.24. The molecule has 2 aliphatic carbocycles. The van der Waals surface area contributed by atoms with Crippen LogP contribution in [-0.2, 0) is 0 Å². The summed E-state index contributed by atoms with van der Waals surface area (Å²) in [5, 5.41) is 0. The molecule has 0 spiro atoms. The maximum atomic E-state index is 2.43. The smallest absolute Gasteiger partial charge is 0.0119 e. The van der Waals surface area contributed by atoms with Crippen LogP contribution in [0.25, 0.3) is 0 Å². The van der Waals surface area contributed by atoms with E-state index in [1.807, 2.05) is 0 Å². The van der Waals surface area contributed by atoms with Crippen LogP contribution in [0.5, 0.6) is 0 Å². The van der Waals surface area contributed by atoms with Crippen LogP contribution in [0, 0.1) is 5.92 Å². The Kier molecular flexibility index (Phi) is 3.64. The van der Waals surface area contributed by atoms with Gasteiger partial charge in [-0.3, -0.25) is 0 Å². The molecular weight excluding hydrogens is 216 g/mol. The standard InChI is InChI=1S/C18H22/c1-3-7-15(8-4-1)13-18(14-16-11-12-16)17-9-5-2-6-10-17/h2-3,5-10,16,18H,1,4,11-14H2. The van der Waals surface area contributed by atoms with Crippen molar-refractivity contribution in [3.8, 4) is 0 Å². The second kappa shape index (κ2) is 5.56. The van der Waals surface area contributed by atoms with E-state index >= 15 is 0 Å². The van der Waals surface area contributed by atoms with Crippen molar-refractivity contribution in [3.05, 3.63) is 59.7 Å². The highest BCUT2D eigenvalue weighted by Crippen LogP contribution is 2.41. The molecule has 0 amide bonds. The molecule has 0 aromatic heterocycles. The Morgan fingerprint density at radius 1 is 1.06 bits per heavy atom. The van der Waals surface area contributed by atoms with Crippen LogP contribution in [0.1, 0.15) is 50.0 Å². The Balaban J connectivity index is 1.72. The Morgan fingerprint density at radius 2 is 1.89 bits per heavy atom. The lowest BCUT2D eigenvalue weighted by atomic mass is 9.86. The van der Waals surface area contributed by atoms with Crippen LogP contribution in [0.3, 0.4) is 0 Å². The summed E-state index contributed by atoms with van der Waals surface area (Å²) in [6.07, 6.45) is 15.1. The van der Waals surface area contributed by atoms with Gasteiger partial charge in [-0.15, -0.1) is 0 Å². The topological polar surface area (TPSA) is 0 Å². The van der Waals surface area contributed by atoms with Gasteiger partial charge in [0.05, 0.1) is 0 Å². The predicted molar refractivity (Wildman–Crippen MR) is 77.6 cm³/mol. The lowest BCUT2D eigenvalue weighted by Gasteiger charge is -2.19. The maximum absolute atomic E-state index is 2.43. The van der Waals surface area contributed by atoms with Crippen molar-refractivity contribution in [1.82, 2.24) is 0 Å². The molecule has 3 rings (SSSR count). The molecule has 0 heterocycles. The first-order valence-electron chi connectivity index (χ1n) is 7.32. The normalized spacial score (nSPS) is 20.6. The van der Waals surface area contributed by atoms with Gasteiger partial charge in [0.2, 0.25) is 0 Å². The van der Waals surface area contributed by atoms with Crippen LogP contribution in [0.4, 0.5) is 0 Å². The zero-order valence-corrected chi connectivity index (χ0v) is 11.0. The minimum Gasteiger partial charge on any atom is -0.0840 e. The molecule has 94 valence electrons. The van der Waals surface area contributed by atoms with Gasteiger partial charge < -0.3 is 0 Å². The summed E-state index contributed by atoms with van der Waals surface area (Å²) < 4.78 is 0. The van der Waals surface area contributed by atoms with Crippen LogP contribution >= 0.6 is 0 Å². The Hall–Kier alpha value is -1.30. The fourth-order valence-electron chi connectivity index (χ4n) is 2.92. The second-order valence-corrected chi connectivity index (χ2v) is 5.75. The highest BCUT2D eigenvalue weighted by Gasteiger charge is 2.26. The number of rotatable bonds is 5. The van der Waals surface area contributed by atoms with Gasteiger partial charge in [0.1, 0.15) is 0 Å². The fourth-order valence-corrected chi connectivity index (χ4v) is 2.92. The lowest BCUT2D eigenvalue weighted by Crippen LogP contribution is -2.02. The van der Waals surface area contributed by atoms with Gasteiger partial charge in [-0.05, 0) is 43.1 Å². The van der Waals surface area contributed by atoms with Gasteiger partial charge in [0.25, 0.3) is 0 Å². The van der Waals surface area contributed by atoms with Crippen LogP contribution in [0.2, 0.25) is 0 Å². The highest BCUT2D eigenvalue weighted by molar-refractivity contribution is 5.28. The Labute approximate surface area is 110 Å². The third-order valence-corrected chi connectivity index (χ3v) is 4.14. The van der Waals surface area contributed by atoms with E-state index in [0.29, 0.717) is 0 Å². The maximum Gasteiger partial charge on any atom is -0.0119 e. The van der Waals surface area contributed by atoms with Gasteiger partial charge in [-0.25, -0.2) is 0 Å². The molecule has 0 saturated heterocycles. The molecule has 1 unspecified atom stereocenters. The van der Waals surface area contributed by atoms with Crippen LogP contribution < -0.4 is 0 Å². The second-order valence-electron chi connectivity index (χ2n) is 5.75. The zero-order chi connectivity index (χ0) is 12.2. The molecule has 2 aliphatic rings. The van der Waals surface area contributed by atoms with E-state index in [0.717, 1.165) is 11.8 Å². The first-order chi connectivity index (χ1) is 8.92. The van der Waals surface area contributed by atoms with Crippen molar-refractivity contribution in [3.63, 3.8) is 0 Å². The third-order valence-electron chi connectivity index (χ3n) is 4.14. The van der Waals surface area contributed by atoms with Gasteiger partial charge in [0, 0.05) is 0 Å². The van der Waals surface area contributed by atoms with Crippen molar-refractivity contribution >= 4 is 0 Å². The monoisotopic (exact) mass is 238 g/mol. The van der Waals surface area contributed by atoms with Crippen molar-refractivity contribution < 1.29 is 0 Å². The predicted octanol–water partition coefficient (Wildman–Crippen LogP) is 5.24. The van der Waals surface area contributed by atoms with Gasteiger partial charge in [0.15, 0.2) is 0 Å². The van der Waals surface area contributed by atoms with Gasteiger partial charge in [-0.1, -0.05) is 67.0 Å². The van der Waals surface area contributed by atoms with Gasteiger partial charge >= 0.3 is 0 Å². The van der Waals surface area contributed by atoms with E-state index in [-0.39, 0.29) is 0 Å². The number of hydrogen-bond acceptors (Lipinski definition) is 0. The third kappa shape index (κ3) is 3.13. The van der Waals surface area contributed by atoms with E-state index in [1.165, 1.54) is 44.1 Å². The molecule has 18 heavy (non-hydrogen) atoms. The minimum atomic E-state index is 0.729. The number of allylic oxidation sites excluding steroid dienone is 4. The Morgan fingerprint density at radius 3 is 2.56 bits per heavy atom. The number of benzene rings is 1. The summed E-state index contributed by atoms with van der Waals surface area (Å²) in [5.41, 5.74) is 3.08. The van der Waals surface area contributed by atoms with E-state index in [2.05, 4.69) is 48.6 Å². The first kappa shape index (κ1) is 11.8. The average molecular weight is 238 g/mol. The summed E-state index contributed by atoms with van der Waals surface area (Å²) >= 11 is 0. The quantitative estimate of drug-likeness (QED) is 0.658. The highest BCUT2D eigenvalue weighted by atomic mass is 14.3. The van der Waals surface area contributed by atoms with Crippen LogP contribution in [-0.4, -0.2) is 0 Å². The molecule has 0 nitrogen and oxygen atoms in total. The summed E-state index contributed by atoms with van der Waals surface area (Å²) in [5.74, 6) is 1.73. The molecule has 0 N–H and O–H groups in total. The van der Waals surface area contributed by atoms with Crippen molar-refractivity contribution in [2.45, 2.75) is 44.4 Å². The molecule has 1 saturated carbocycles. The number of hydrogen-bond donors (Lipinski definition) is 0. The Bertz CT molecular complexity index is 434. The molecule has 1 aromatic rings.